The second-order valence-corrected chi connectivity index (χ2v) is 6.36. The molecule has 0 saturated carbocycles. The second-order valence-electron chi connectivity index (χ2n) is 4.27. The first-order valence-corrected chi connectivity index (χ1v) is 7.69. The number of nitro benzene ring substituents is 1. The highest BCUT2D eigenvalue weighted by Crippen LogP contribution is 2.29. The Hall–Kier alpha value is -0.850. The van der Waals surface area contributed by atoms with Gasteiger partial charge in [-0.05, 0) is 52.3 Å². The highest BCUT2D eigenvalue weighted by atomic mass is 127. The minimum absolute atomic E-state index is 0.0807. The van der Waals surface area contributed by atoms with E-state index >= 15 is 0 Å². The molecule has 3 nitrogen and oxygen atoms in total. The lowest BCUT2D eigenvalue weighted by Crippen LogP contribution is -1.97. The summed E-state index contributed by atoms with van der Waals surface area (Å²) in [5, 5.41) is 11.1. The molecule has 0 fully saturated rings. The molecule has 0 amide bonds. The lowest BCUT2D eigenvalue weighted by Gasteiger charge is -2.11. The van der Waals surface area contributed by atoms with Crippen LogP contribution in [0.4, 0.5) is 5.69 Å². The van der Waals surface area contributed by atoms with E-state index < -0.39 is 4.92 Å². The normalized spacial score (nSPS) is 12.2. The molecule has 2 aromatic carbocycles. The van der Waals surface area contributed by atoms with Crippen molar-refractivity contribution in [2.45, 2.75) is 11.8 Å². The number of nitro groups is 1. The summed E-state index contributed by atoms with van der Waals surface area (Å²) in [6.45, 7) is 0. The van der Waals surface area contributed by atoms with Crippen molar-refractivity contribution in [2.24, 2.45) is 0 Å². The van der Waals surface area contributed by atoms with Crippen LogP contribution in [0, 0.1) is 13.7 Å². The molecule has 6 heteroatoms. The number of alkyl halides is 1. The maximum atomic E-state index is 10.6. The molecule has 0 heterocycles. The Kier molecular flexibility index (Phi) is 5.23. The van der Waals surface area contributed by atoms with Gasteiger partial charge in [-0.1, -0.05) is 29.8 Å². The van der Waals surface area contributed by atoms with Crippen LogP contribution in [-0.4, -0.2) is 4.92 Å². The van der Waals surface area contributed by atoms with Crippen molar-refractivity contribution < 1.29 is 4.92 Å². The molecule has 1 atom stereocenters. The molecule has 2 rings (SSSR count). The second kappa shape index (κ2) is 6.74. The minimum atomic E-state index is -0.416. The molecule has 104 valence electrons. The van der Waals surface area contributed by atoms with Crippen LogP contribution in [0.5, 0.6) is 0 Å². The molecule has 0 aromatic heterocycles. The molecule has 0 aliphatic heterocycles. The zero-order chi connectivity index (χ0) is 14.7. The van der Waals surface area contributed by atoms with E-state index in [9.17, 15) is 10.1 Å². The summed E-state index contributed by atoms with van der Waals surface area (Å²) in [4.78, 5) is 10.2. The van der Waals surface area contributed by atoms with Gasteiger partial charge in [0.1, 0.15) is 0 Å². The number of rotatable bonds is 4. The van der Waals surface area contributed by atoms with Gasteiger partial charge < -0.3 is 0 Å². The molecule has 2 aromatic rings. The van der Waals surface area contributed by atoms with E-state index in [-0.39, 0.29) is 11.1 Å². The first-order valence-electron chi connectivity index (χ1n) is 5.79. The molecule has 0 aliphatic carbocycles. The van der Waals surface area contributed by atoms with Crippen LogP contribution in [0.15, 0.2) is 42.5 Å². The van der Waals surface area contributed by atoms with Crippen LogP contribution in [0.3, 0.4) is 0 Å². The van der Waals surface area contributed by atoms with Gasteiger partial charge in [0.2, 0.25) is 0 Å². The summed E-state index contributed by atoms with van der Waals surface area (Å²) in [5.74, 6) is 0. The summed E-state index contributed by atoms with van der Waals surface area (Å²) in [5.41, 5.74) is 1.97. The van der Waals surface area contributed by atoms with Gasteiger partial charge in [-0.15, -0.1) is 11.6 Å². The third-order valence-electron chi connectivity index (χ3n) is 2.87. The summed E-state index contributed by atoms with van der Waals surface area (Å²) >= 11 is 14.6. The third-order valence-corrected chi connectivity index (χ3v) is 4.85. The van der Waals surface area contributed by atoms with Crippen LogP contribution in [0.1, 0.15) is 16.5 Å². The lowest BCUT2D eigenvalue weighted by atomic mass is 10.0. The largest absolute Gasteiger partial charge is 0.269 e. The first-order chi connectivity index (χ1) is 9.47. The van der Waals surface area contributed by atoms with Gasteiger partial charge in [-0.25, -0.2) is 0 Å². The maximum Gasteiger partial charge on any atom is 0.269 e. The Labute approximate surface area is 140 Å². The zero-order valence-electron chi connectivity index (χ0n) is 10.2. The van der Waals surface area contributed by atoms with Gasteiger partial charge in [0.05, 0.1) is 15.3 Å². The van der Waals surface area contributed by atoms with Crippen molar-refractivity contribution in [3.63, 3.8) is 0 Å². The molecule has 0 radical (unpaired) electrons. The number of non-ortho nitro benzene ring substituents is 1. The Morgan fingerprint density at radius 3 is 2.40 bits per heavy atom. The maximum absolute atomic E-state index is 10.6. The number of nitrogens with zero attached hydrogens (tertiary/aromatic N) is 1. The lowest BCUT2D eigenvalue weighted by molar-refractivity contribution is -0.384. The topological polar surface area (TPSA) is 43.1 Å². The average Bonchev–Trinajstić information content (AvgIpc) is 2.42. The quantitative estimate of drug-likeness (QED) is 0.288. The number of benzene rings is 2. The van der Waals surface area contributed by atoms with Crippen molar-refractivity contribution in [1.29, 1.82) is 0 Å². The smallest absolute Gasteiger partial charge is 0.258 e. The molecule has 1 unspecified atom stereocenters. The van der Waals surface area contributed by atoms with Crippen molar-refractivity contribution in [2.75, 3.05) is 0 Å². The average molecular weight is 422 g/mol. The van der Waals surface area contributed by atoms with Crippen molar-refractivity contribution in [1.82, 2.24) is 0 Å². The Morgan fingerprint density at radius 2 is 1.85 bits per heavy atom. The molecule has 0 spiro atoms. The van der Waals surface area contributed by atoms with Crippen LogP contribution >= 0.6 is 45.8 Å². The van der Waals surface area contributed by atoms with Crippen molar-refractivity contribution in [3.05, 3.63) is 72.3 Å². The molecule has 0 N–H and O–H groups in total. The Bertz CT molecular complexity index is 632. The summed E-state index contributed by atoms with van der Waals surface area (Å²) in [6, 6.07) is 12.1. The van der Waals surface area contributed by atoms with Crippen LogP contribution in [-0.2, 0) is 6.42 Å². The van der Waals surface area contributed by atoms with Crippen LogP contribution < -0.4 is 0 Å². The third kappa shape index (κ3) is 3.84. The molecule has 0 saturated heterocycles. The van der Waals surface area contributed by atoms with Gasteiger partial charge in [-0.2, -0.15) is 0 Å². The fourth-order valence-corrected chi connectivity index (χ4v) is 2.62. The molecule has 0 aliphatic rings. The van der Waals surface area contributed by atoms with Gasteiger partial charge in [0.15, 0.2) is 0 Å². The van der Waals surface area contributed by atoms with Crippen LogP contribution in [0.2, 0.25) is 5.02 Å². The van der Waals surface area contributed by atoms with E-state index in [1.807, 2.05) is 18.2 Å². The highest BCUT2D eigenvalue weighted by Gasteiger charge is 2.12. The van der Waals surface area contributed by atoms with E-state index in [0.717, 1.165) is 14.7 Å². The Morgan fingerprint density at radius 1 is 1.20 bits per heavy atom. The van der Waals surface area contributed by atoms with E-state index in [4.69, 9.17) is 23.2 Å². The van der Waals surface area contributed by atoms with Crippen molar-refractivity contribution in [3.8, 4) is 0 Å². The Balaban J connectivity index is 2.12. The van der Waals surface area contributed by atoms with Crippen molar-refractivity contribution >= 4 is 51.5 Å². The highest BCUT2D eigenvalue weighted by molar-refractivity contribution is 14.1. The van der Waals surface area contributed by atoms with E-state index in [1.165, 1.54) is 12.1 Å². The molecule has 20 heavy (non-hydrogen) atoms. The monoisotopic (exact) mass is 421 g/mol. The zero-order valence-corrected chi connectivity index (χ0v) is 13.9. The van der Waals surface area contributed by atoms with E-state index in [0.29, 0.717) is 11.4 Å². The number of halogens is 3. The fraction of sp³-hybridized carbons (Fsp3) is 0.143. The van der Waals surface area contributed by atoms with Gasteiger partial charge in [0.25, 0.3) is 5.69 Å². The summed E-state index contributed by atoms with van der Waals surface area (Å²) in [6.07, 6.45) is 0.594. The SMILES string of the molecule is O=[N+]([O-])c1ccc(CC(Cl)c2ccc(I)c(Cl)c2)cc1. The minimum Gasteiger partial charge on any atom is -0.258 e. The molecule has 0 bridgehead atoms. The van der Waals surface area contributed by atoms with E-state index in [2.05, 4.69) is 22.6 Å². The fourth-order valence-electron chi connectivity index (χ4n) is 1.79. The van der Waals surface area contributed by atoms with Gasteiger partial charge in [0, 0.05) is 15.7 Å². The first kappa shape index (κ1) is 15.5. The van der Waals surface area contributed by atoms with E-state index in [1.54, 1.807) is 12.1 Å². The molecular weight excluding hydrogens is 412 g/mol. The number of hydrogen-bond acceptors (Lipinski definition) is 2. The predicted octanol–water partition coefficient (Wildman–Crippen LogP) is 5.38. The standard InChI is InChI=1S/C14H10Cl2INO2/c15-12(10-3-6-14(17)13(16)8-10)7-9-1-4-11(5-2-9)18(19)20/h1-6,8,12H,7H2. The molecular formula is C14H10Cl2INO2. The van der Waals surface area contributed by atoms with Gasteiger partial charge in [-0.3, -0.25) is 10.1 Å². The van der Waals surface area contributed by atoms with Gasteiger partial charge >= 0.3 is 0 Å². The number of hydrogen-bond donors (Lipinski definition) is 0. The predicted molar refractivity (Wildman–Crippen MR) is 89.6 cm³/mol. The summed E-state index contributed by atoms with van der Waals surface area (Å²) < 4.78 is 0.979. The van der Waals surface area contributed by atoms with Crippen LogP contribution in [0.25, 0.3) is 0 Å². The summed E-state index contributed by atoms with van der Waals surface area (Å²) in [7, 11) is 0.